The van der Waals surface area contributed by atoms with Gasteiger partial charge in [0.2, 0.25) is 0 Å². The average Bonchev–Trinajstić information content (AvgIpc) is 2.79. The van der Waals surface area contributed by atoms with E-state index < -0.39 is 27.9 Å². The Balaban J connectivity index is 0.000000248. The van der Waals surface area contributed by atoms with E-state index in [1.807, 2.05) is 0 Å². The molecule has 3 rings (SSSR count). The number of carbonyl (C=O) groups is 1. The third kappa shape index (κ3) is 7.81. The van der Waals surface area contributed by atoms with Crippen molar-refractivity contribution in [1.29, 1.82) is 0 Å². The maximum atomic E-state index is 12.3. The third-order valence-electron chi connectivity index (χ3n) is 4.02. The highest BCUT2D eigenvalue weighted by Gasteiger charge is 2.39. The number of hydrogen-bond acceptors (Lipinski definition) is 5. The van der Waals surface area contributed by atoms with Crippen molar-refractivity contribution >= 4 is 27.0 Å². The van der Waals surface area contributed by atoms with Crippen molar-refractivity contribution in [1.82, 2.24) is 0 Å². The highest BCUT2D eigenvalue weighted by atomic mass is 32.2. The van der Waals surface area contributed by atoms with E-state index in [1.54, 1.807) is 0 Å². The smallest absolute Gasteiger partial charge is 0.367 e. The summed E-state index contributed by atoms with van der Waals surface area (Å²) in [6.07, 6.45) is 0. The third-order valence-corrected chi connectivity index (χ3v) is 7.10. The van der Waals surface area contributed by atoms with Gasteiger partial charge < -0.3 is 9.29 Å². The fourth-order valence-electron chi connectivity index (χ4n) is 2.42. The van der Waals surface area contributed by atoms with Crippen LogP contribution in [0, 0.1) is 0 Å². The highest BCUT2D eigenvalue weighted by molar-refractivity contribution is 7.97. The van der Waals surface area contributed by atoms with Crippen LogP contribution in [0.1, 0.15) is 6.92 Å². The van der Waals surface area contributed by atoms with Crippen molar-refractivity contribution < 1.29 is 31.3 Å². The summed E-state index contributed by atoms with van der Waals surface area (Å²) in [4.78, 5) is 14.6. The standard InChI is InChI=1S/C18H15S.C6H8F2O5S/c1-4-10-16(11-5-1)19(17-12-6-2-7-13-17)18-14-8-3-9-15-18;1-4(2)5(9)13-3-6(7,8)14(10,11)12/h1-15H;1,3H2,2H3,(H,10,11,12)/q+1;/p-1. The van der Waals surface area contributed by atoms with Crippen LogP contribution in [-0.4, -0.2) is 30.8 Å². The Bertz CT molecular complexity index is 1060. The normalized spacial score (nSPS) is 11.3. The van der Waals surface area contributed by atoms with Crippen molar-refractivity contribution in [2.45, 2.75) is 26.9 Å². The molecule has 5 nitrogen and oxygen atoms in total. The quantitative estimate of drug-likeness (QED) is 0.200. The molecule has 0 amide bonds. The first-order valence-corrected chi connectivity index (χ1v) is 12.2. The zero-order valence-corrected chi connectivity index (χ0v) is 19.3. The Hall–Kier alpha value is -3.01. The first-order chi connectivity index (χ1) is 15.5. The molecule has 0 bridgehead atoms. The van der Waals surface area contributed by atoms with Crippen molar-refractivity contribution in [2.75, 3.05) is 6.61 Å². The van der Waals surface area contributed by atoms with Gasteiger partial charge in [-0.1, -0.05) is 61.2 Å². The molecule has 3 aromatic rings. The fourth-order valence-corrected chi connectivity index (χ4v) is 4.73. The predicted octanol–water partition coefficient (Wildman–Crippen LogP) is 5.03. The number of hydrogen-bond donors (Lipinski definition) is 0. The minimum Gasteiger partial charge on any atom is -0.743 e. The first kappa shape index (κ1) is 26.2. The Kier molecular flexibility index (Phi) is 9.33. The van der Waals surface area contributed by atoms with Crippen LogP contribution in [0.2, 0.25) is 0 Å². The fraction of sp³-hybridized carbons (Fsp3) is 0.125. The summed E-state index contributed by atoms with van der Waals surface area (Å²) < 4.78 is 58.3. The monoisotopic (exact) mass is 492 g/mol. The van der Waals surface area contributed by atoms with Gasteiger partial charge in [0.15, 0.2) is 31.4 Å². The number of alkyl halides is 2. The van der Waals surface area contributed by atoms with Gasteiger partial charge in [-0.15, -0.1) is 0 Å². The molecule has 0 heterocycles. The first-order valence-electron chi connectivity index (χ1n) is 9.58. The number of esters is 1. The van der Waals surface area contributed by atoms with Crippen LogP contribution in [0.4, 0.5) is 8.78 Å². The minimum atomic E-state index is -5.81. The summed E-state index contributed by atoms with van der Waals surface area (Å²) in [6, 6.07) is 32.2. The molecule has 0 saturated carbocycles. The van der Waals surface area contributed by atoms with Gasteiger partial charge in [-0.2, -0.15) is 8.78 Å². The van der Waals surface area contributed by atoms with Crippen LogP contribution in [-0.2, 0) is 30.5 Å². The lowest BCUT2D eigenvalue weighted by Crippen LogP contribution is -2.34. The molecular weight excluding hydrogens is 470 g/mol. The van der Waals surface area contributed by atoms with Crippen molar-refractivity contribution in [3.05, 3.63) is 103 Å². The van der Waals surface area contributed by atoms with Gasteiger partial charge in [-0.3, -0.25) is 0 Å². The molecule has 33 heavy (non-hydrogen) atoms. The highest BCUT2D eigenvalue weighted by Crippen LogP contribution is 2.30. The second-order valence-electron chi connectivity index (χ2n) is 6.69. The van der Waals surface area contributed by atoms with Crippen LogP contribution >= 0.6 is 0 Å². The van der Waals surface area contributed by atoms with E-state index in [-0.39, 0.29) is 16.5 Å². The largest absolute Gasteiger partial charge is 0.743 e. The molecule has 0 aliphatic heterocycles. The van der Waals surface area contributed by atoms with Gasteiger partial charge in [0.25, 0.3) is 0 Å². The number of rotatable bonds is 7. The molecule has 0 aromatic heterocycles. The molecule has 0 aliphatic carbocycles. The maximum Gasteiger partial charge on any atom is 0.367 e. The average molecular weight is 493 g/mol. The predicted molar refractivity (Wildman–Crippen MR) is 122 cm³/mol. The molecule has 0 unspecified atom stereocenters. The molecule has 0 saturated heterocycles. The lowest BCUT2D eigenvalue weighted by atomic mass is 10.4. The van der Waals surface area contributed by atoms with Gasteiger partial charge in [-0.05, 0) is 43.3 Å². The Morgan fingerprint density at radius 1 is 0.879 bits per heavy atom. The summed E-state index contributed by atoms with van der Waals surface area (Å²) in [5.41, 5.74) is -0.177. The van der Waals surface area contributed by atoms with Gasteiger partial charge in [0, 0.05) is 5.57 Å². The number of carbonyl (C=O) groups excluding carboxylic acids is 1. The molecule has 3 aromatic carbocycles. The second-order valence-corrected chi connectivity index (χ2v) is 10.2. The molecule has 0 N–H and O–H groups in total. The second kappa shape index (κ2) is 11.7. The van der Waals surface area contributed by atoms with E-state index in [1.165, 1.54) is 21.6 Å². The number of ether oxygens (including phenoxy) is 1. The van der Waals surface area contributed by atoms with E-state index in [0.717, 1.165) is 0 Å². The molecule has 0 fully saturated rings. The van der Waals surface area contributed by atoms with E-state index in [9.17, 15) is 26.5 Å². The van der Waals surface area contributed by atoms with Gasteiger partial charge >= 0.3 is 11.2 Å². The Labute approximate surface area is 194 Å². The molecule has 0 aliphatic rings. The van der Waals surface area contributed by atoms with Gasteiger partial charge in [-0.25, -0.2) is 13.2 Å². The summed E-state index contributed by atoms with van der Waals surface area (Å²) >= 11 is 0. The molecule has 0 radical (unpaired) electrons. The Morgan fingerprint density at radius 3 is 1.48 bits per heavy atom. The van der Waals surface area contributed by atoms with Gasteiger partial charge in [0.05, 0.1) is 10.9 Å². The summed E-state index contributed by atoms with van der Waals surface area (Å²) in [5.74, 6) is -1.19. The lowest BCUT2D eigenvalue weighted by Gasteiger charge is -2.19. The van der Waals surface area contributed by atoms with E-state index in [4.69, 9.17) is 0 Å². The van der Waals surface area contributed by atoms with Crippen LogP contribution in [0.5, 0.6) is 0 Å². The molecular formula is C24H22F2O5S2. The summed E-state index contributed by atoms with van der Waals surface area (Å²) in [6.45, 7) is 2.46. The lowest BCUT2D eigenvalue weighted by molar-refractivity contribution is -0.144. The molecule has 174 valence electrons. The SMILES string of the molecule is C=C(C)C(=O)OCC(F)(F)S(=O)(=O)[O-].c1ccc([S+](c2ccccc2)c2ccccc2)cc1. The summed E-state index contributed by atoms with van der Waals surface area (Å²) in [7, 11) is -5.83. The van der Waals surface area contributed by atoms with E-state index in [0.29, 0.717) is 0 Å². The van der Waals surface area contributed by atoms with E-state index >= 15 is 0 Å². The van der Waals surface area contributed by atoms with Crippen molar-refractivity contribution in [2.24, 2.45) is 0 Å². The zero-order chi connectivity index (χ0) is 24.5. The van der Waals surface area contributed by atoms with Crippen LogP contribution in [0.15, 0.2) is 118 Å². The van der Waals surface area contributed by atoms with Crippen LogP contribution in [0.25, 0.3) is 0 Å². The topological polar surface area (TPSA) is 83.5 Å². The summed E-state index contributed by atoms with van der Waals surface area (Å²) in [5, 5.41) is -4.61. The molecule has 0 spiro atoms. The Morgan fingerprint density at radius 2 is 1.21 bits per heavy atom. The zero-order valence-electron chi connectivity index (χ0n) is 17.7. The van der Waals surface area contributed by atoms with Crippen molar-refractivity contribution in [3.63, 3.8) is 0 Å². The van der Waals surface area contributed by atoms with Crippen molar-refractivity contribution in [3.8, 4) is 0 Å². The number of halogens is 2. The van der Waals surface area contributed by atoms with Crippen LogP contribution < -0.4 is 0 Å². The maximum absolute atomic E-state index is 12.3. The number of benzene rings is 3. The van der Waals surface area contributed by atoms with Crippen LogP contribution in [0.3, 0.4) is 0 Å². The molecule has 9 heteroatoms. The minimum absolute atomic E-state index is 0.0146. The van der Waals surface area contributed by atoms with Gasteiger partial charge in [0.1, 0.15) is 0 Å². The molecule has 0 atom stereocenters. The van der Waals surface area contributed by atoms with E-state index in [2.05, 4.69) is 102 Å².